The highest BCUT2D eigenvalue weighted by Gasteiger charge is 2.59. The normalized spacial score (nSPS) is 33.5. The van der Waals surface area contributed by atoms with Crippen LogP contribution in [0.15, 0.2) is 0 Å². The number of piperidine rings is 1. The number of amides is 1. The fourth-order valence-corrected chi connectivity index (χ4v) is 4.38. The summed E-state index contributed by atoms with van der Waals surface area (Å²) in [6.07, 6.45) is 1.35. The highest BCUT2D eigenvalue weighted by atomic mass is 19.4. The Labute approximate surface area is 134 Å². The lowest BCUT2D eigenvalue weighted by Gasteiger charge is -2.62. The van der Waals surface area contributed by atoms with Gasteiger partial charge in [0.25, 0.3) is 0 Å². The lowest BCUT2D eigenvalue weighted by atomic mass is 9.51. The predicted molar refractivity (Wildman–Crippen MR) is 78.9 cm³/mol. The summed E-state index contributed by atoms with van der Waals surface area (Å²) in [5.74, 6) is -0.400. The van der Waals surface area contributed by atoms with Crippen LogP contribution in [0.1, 0.15) is 45.4 Å². The zero-order valence-electron chi connectivity index (χ0n) is 13.5. The molecule has 1 spiro atoms. The molecule has 0 bridgehead atoms. The van der Waals surface area contributed by atoms with Gasteiger partial charge in [0, 0.05) is 24.6 Å². The largest absolute Gasteiger partial charge is 0.406 e. The van der Waals surface area contributed by atoms with Crippen LogP contribution in [0.25, 0.3) is 0 Å². The van der Waals surface area contributed by atoms with Gasteiger partial charge >= 0.3 is 6.18 Å². The van der Waals surface area contributed by atoms with Crippen molar-refractivity contribution in [3.8, 4) is 0 Å². The molecular weight excluding hydrogens is 309 g/mol. The molecule has 1 amide bonds. The minimum Gasteiger partial charge on any atom is -0.378 e. The van der Waals surface area contributed by atoms with Gasteiger partial charge in [-0.05, 0) is 39.0 Å². The maximum absolute atomic E-state index is 12.6. The molecule has 2 saturated carbocycles. The third-order valence-corrected chi connectivity index (χ3v) is 5.74. The number of hydrogen-bond acceptors (Lipinski definition) is 3. The Morgan fingerprint density at radius 2 is 2.09 bits per heavy atom. The number of likely N-dealkylation sites (tertiary alicyclic amines) is 1. The first-order valence-corrected chi connectivity index (χ1v) is 8.59. The van der Waals surface area contributed by atoms with Gasteiger partial charge in [0.15, 0.2) is 0 Å². The Morgan fingerprint density at radius 1 is 1.35 bits per heavy atom. The average Bonchev–Trinajstić information content (AvgIpc) is 2.38. The second kappa shape index (κ2) is 6.24. The standard InChI is InChI=1S/C16H25F3N2O2/c1-2-23-13-9-12(15(13)6-4-7-15)20-11-5-3-8-21(14(11)22)10-16(17,18)19/h11-13,20H,2-10H2,1H3/t11-,12-,13-/m1/s1. The minimum absolute atomic E-state index is 0.114. The molecule has 4 nitrogen and oxygen atoms in total. The first-order chi connectivity index (χ1) is 10.9. The van der Waals surface area contributed by atoms with Crippen molar-refractivity contribution in [2.75, 3.05) is 19.7 Å². The number of hydrogen-bond donors (Lipinski definition) is 1. The average molecular weight is 334 g/mol. The van der Waals surface area contributed by atoms with Crippen molar-refractivity contribution in [2.24, 2.45) is 5.41 Å². The zero-order chi connectivity index (χ0) is 16.7. The molecule has 0 unspecified atom stereocenters. The number of nitrogens with zero attached hydrogens (tertiary/aromatic N) is 1. The molecule has 1 saturated heterocycles. The Balaban J connectivity index is 1.59. The third kappa shape index (κ3) is 3.22. The van der Waals surface area contributed by atoms with Crippen LogP contribution in [0.4, 0.5) is 13.2 Å². The first kappa shape index (κ1) is 17.0. The summed E-state index contributed by atoms with van der Waals surface area (Å²) in [7, 11) is 0. The Bertz CT molecular complexity index is 451. The summed E-state index contributed by atoms with van der Waals surface area (Å²) in [6, 6.07) is -0.274. The number of nitrogens with one attached hydrogen (secondary N) is 1. The number of halogens is 3. The number of alkyl halides is 3. The van der Waals surface area contributed by atoms with Crippen LogP contribution >= 0.6 is 0 Å². The van der Waals surface area contributed by atoms with E-state index in [9.17, 15) is 18.0 Å². The molecule has 1 aliphatic heterocycles. The molecule has 2 aliphatic carbocycles. The molecule has 3 aliphatic rings. The van der Waals surface area contributed by atoms with Gasteiger partial charge in [0.1, 0.15) is 6.54 Å². The Hall–Kier alpha value is -0.820. The van der Waals surface area contributed by atoms with E-state index in [1.54, 1.807) is 0 Å². The monoisotopic (exact) mass is 334 g/mol. The molecule has 23 heavy (non-hydrogen) atoms. The summed E-state index contributed by atoms with van der Waals surface area (Å²) in [4.78, 5) is 13.3. The van der Waals surface area contributed by atoms with Crippen LogP contribution in [-0.4, -0.2) is 54.9 Å². The number of ether oxygens (including phenoxy) is 1. The first-order valence-electron chi connectivity index (χ1n) is 8.59. The van der Waals surface area contributed by atoms with Crippen molar-refractivity contribution in [3.05, 3.63) is 0 Å². The maximum Gasteiger partial charge on any atom is 0.406 e. The molecule has 1 heterocycles. The summed E-state index contributed by atoms with van der Waals surface area (Å²) < 4.78 is 43.5. The van der Waals surface area contributed by atoms with Gasteiger partial charge in [-0.2, -0.15) is 13.2 Å². The van der Waals surface area contributed by atoms with Crippen molar-refractivity contribution in [1.82, 2.24) is 10.2 Å². The van der Waals surface area contributed by atoms with E-state index in [-0.39, 0.29) is 24.1 Å². The molecule has 3 fully saturated rings. The van der Waals surface area contributed by atoms with Crippen LogP contribution < -0.4 is 5.32 Å². The van der Waals surface area contributed by atoms with Gasteiger partial charge in [-0.3, -0.25) is 4.79 Å². The molecule has 0 aromatic rings. The van der Waals surface area contributed by atoms with Gasteiger partial charge in [-0.25, -0.2) is 0 Å². The lowest BCUT2D eigenvalue weighted by molar-refractivity contribution is -0.180. The van der Waals surface area contributed by atoms with Gasteiger partial charge in [-0.15, -0.1) is 0 Å². The molecule has 3 rings (SSSR count). The molecule has 0 aromatic heterocycles. The van der Waals surface area contributed by atoms with Crippen LogP contribution in [0.2, 0.25) is 0 Å². The highest BCUT2D eigenvalue weighted by molar-refractivity contribution is 5.82. The topological polar surface area (TPSA) is 41.6 Å². The van der Waals surface area contributed by atoms with E-state index in [2.05, 4.69) is 5.32 Å². The van der Waals surface area contributed by atoms with Crippen molar-refractivity contribution in [3.63, 3.8) is 0 Å². The van der Waals surface area contributed by atoms with E-state index < -0.39 is 24.7 Å². The predicted octanol–water partition coefficient (Wildman–Crippen LogP) is 2.48. The molecular formula is C16H25F3N2O2. The zero-order valence-corrected chi connectivity index (χ0v) is 13.5. The quantitative estimate of drug-likeness (QED) is 0.840. The fourth-order valence-electron chi connectivity index (χ4n) is 4.38. The van der Waals surface area contributed by atoms with E-state index in [1.165, 1.54) is 6.42 Å². The maximum atomic E-state index is 12.6. The molecule has 0 aromatic carbocycles. The number of carbonyl (C=O) groups excluding carboxylic acids is 1. The van der Waals surface area contributed by atoms with Crippen molar-refractivity contribution in [1.29, 1.82) is 0 Å². The van der Waals surface area contributed by atoms with Crippen LogP contribution in [0, 0.1) is 5.41 Å². The van der Waals surface area contributed by atoms with Gasteiger partial charge in [0.05, 0.1) is 12.1 Å². The third-order valence-electron chi connectivity index (χ3n) is 5.74. The van der Waals surface area contributed by atoms with Crippen LogP contribution in [-0.2, 0) is 9.53 Å². The van der Waals surface area contributed by atoms with Crippen molar-refractivity contribution in [2.45, 2.75) is 69.8 Å². The fraction of sp³-hybridized carbons (Fsp3) is 0.938. The summed E-state index contributed by atoms with van der Waals surface area (Å²) >= 11 is 0. The smallest absolute Gasteiger partial charge is 0.378 e. The molecule has 132 valence electrons. The van der Waals surface area contributed by atoms with Gasteiger partial charge in [0.2, 0.25) is 5.91 Å². The summed E-state index contributed by atoms with van der Waals surface area (Å²) in [5, 5.41) is 3.36. The number of carbonyl (C=O) groups is 1. The second-order valence-corrected chi connectivity index (χ2v) is 7.06. The van der Waals surface area contributed by atoms with E-state index in [0.29, 0.717) is 19.4 Å². The van der Waals surface area contributed by atoms with Crippen LogP contribution in [0.5, 0.6) is 0 Å². The summed E-state index contributed by atoms with van der Waals surface area (Å²) in [6.45, 7) is 1.73. The highest BCUT2D eigenvalue weighted by Crippen LogP contribution is 2.57. The van der Waals surface area contributed by atoms with Crippen molar-refractivity contribution < 1.29 is 22.7 Å². The SMILES string of the molecule is CCO[C@@H]1C[C@@H](N[C@@H]2CCCN(CC(F)(F)F)C2=O)C12CCC2. The lowest BCUT2D eigenvalue weighted by Crippen LogP contribution is -2.70. The molecule has 7 heteroatoms. The summed E-state index contributed by atoms with van der Waals surface area (Å²) in [5.41, 5.74) is 0.114. The van der Waals surface area contributed by atoms with Crippen LogP contribution in [0.3, 0.4) is 0 Å². The van der Waals surface area contributed by atoms with Gasteiger partial charge < -0.3 is 15.0 Å². The van der Waals surface area contributed by atoms with Crippen molar-refractivity contribution >= 4 is 5.91 Å². The van der Waals surface area contributed by atoms with E-state index in [0.717, 1.165) is 24.2 Å². The van der Waals surface area contributed by atoms with E-state index in [1.807, 2.05) is 6.92 Å². The molecule has 3 atom stereocenters. The van der Waals surface area contributed by atoms with Gasteiger partial charge in [-0.1, -0.05) is 6.42 Å². The molecule has 0 radical (unpaired) electrons. The minimum atomic E-state index is -4.33. The Morgan fingerprint density at radius 3 is 2.65 bits per heavy atom. The number of rotatable bonds is 5. The van der Waals surface area contributed by atoms with E-state index >= 15 is 0 Å². The molecule has 1 N–H and O–H groups in total. The van der Waals surface area contributed by atoms with E-state index in [4.69, 9.17) is 4.74 Å². The second-order valence-electron chi connectivity index (χ2n) is 7.06. The Kier molecular flexibility index (Phi) is 4.62.